The van der Waals surface area contributed by atoms with Crippen LogP contribution >= 0.6 is 0 Å². The standard InChI is InChI=1S/C12H20N2O2/c1-4-6-11(16-3)12(15)10-8-13-14(9-10)7-5-2/h8-9,11H,4-7H2,1-3H3. The molecule has 0 spiro atoms. The Morgan fingerprint density at radius 2 is 2.25 bits per heavy atom. The van der Waals surface area contributed by atoms with Crippen LogP contribution in [0.15, 0.2) is 12.4 Å². The van der Waals surface area contributed by atoms with Gasteiger partial charge in [0.05, 0.1) is 11.8 Å². The summed E-state index contributed by atoms with van der Waals surface area (Å²) in [6, 6.07) is 0. The Balaban J connectivity index is 2.70. The number of methoxy groups -OCH3 is 1. The van der Waals surface area contributed by atoms with Crippen LogP contribution in [-0.4, -0.2) is 28.8 Å². The van der Waals surface area contributed by atoms with E-state index in [0.29, 0.717) is 5.56 Å². The largest absolute Gasteiger partial charge is 0.373 e. The summed E-state index contributed by atoms with van der Waals surface area (Å²) in [6.45, 7) is 4.97. The van der Waals surface area contributed by atoms with Crippen molar-refractivity contribution in [2.24, 2.45) is 0 Å². The fourth-order valence-corrected chi connectivity index (χ4v) is 1.65. The van der Waals surface area contributed by atoms with E-state index in [4.69, 9.17) is 4.74 Å². The number of ketones is 1. The smallest absolute Gasteiger partial charge is 0.194 e. The Morgan fingerprint density at radius 3 is 2.81 bits per heavy atom. The van der Waals surface area contributed by atoms with Crippen LogP contribution in [0.25, 0.3) is 0 Å². The van der Waals surface area contributed by atoms with E-state index in [-0.39, 0.29) is 11.9 Å². The summed E-state index contributed by atoms with van der Waals surface area (Å²) in [5, 5.41) is 4.14. The first-order chi connectivity index (χ1) is 7.72. The van der Waals surface area contributed by atoms with E-state index in [2.05, 4.69) is 12.0 Å². The predicted octanol–water partition coefficient (Wildman–Crippen LogP) is 2.29. The average Bonchev–Trinajstić information content (AvgIpc) is 2.74. The molecule has 0 saturated carbocycles. The van der Waals surface area contributed by atoms with Crippen molar-refractivity contribution in [3.05, 3.63) is 18.0 Å². The van der Waals surface area contributed by atoms with Gasteiger partial charge in [-0.2, -0.15) is 5.10 Å². The number of aryl methyl sites for hydroxylation is 1. The summed E-state index contributed by atoms with van der Waals surface area (Å²) < 4.78 is 6.99. The molecule has 1 aromatic heterocycles. The molecule has 0 bridgehead atoms. The Morgan fingerprint density at radius 1 is 1.50 bits per heavy atom. The van der Waals surface area contributed by atoms with Gasteiger partial charge in [-0.1, -0.05) is 20.3 Å². The summed E-state index contributed by atoms with van der Waals surface area (Å²) >= 11 is 0. The Labute approximate surface area is 96.6 Å². The molecule has 0 radical (unpaired) electrons. The quantitative estimate of drug-likeness (QED) is 0.667. The SMILES string of the molecule is CCCC(OC)C(=O)c1cnn(CCC)c1. The van der Waals surface area contributed by atoms with E-state index < -0.39 is 0 Å². The van der Waals surface area contributed by atoms with Crippen LogP contribution < -0.4 is 0 Å². The highest BCUT2D eigenvalue weighted by Gasteiger charge is 2.19. The molecule has 0 N–H and O–H groups in total. The van der Waals surface area contributed by atoms with E-state index in [0.717, 1.165) is 25.8 Å². The van der Waals surface area contributed by atoms with Crippen molar-refractivity contribution in [3.63, 3.8) is 0 Å². The lowest BCUT2D eigenvalue weighted by molar-refractivity contribution is 0.0578. The van der Waals surface area contributed by atoms with Crippen molar-refractivity contribution in [2.75, 3.05) is 7.11 Å². The molecular weight excluding hydrogens is 204 g/mol. The molecule has 0 saturated heterocycles. The van der Waals surface area contributed by atoms with Gasteiger partial charge in [-0.15, -0.1) is 0 Å². The van der Waals surface area contributed by atoms with Gasteiger partial charge in [0.1, 0.15) is 6.10 Å². The molecule has 0 aromatic carbocycles. The molecule has 16 heavy (non-hydrogen) atoms. The summed E-state index contributed by atoms with van der Waals surface area (Å²) in [5.41, 5.74) is 0.647. The van der Waals surface area contributed by atoms with Crippen molar-refractivity contribution in [1.29, 1.82) is 0 Å². The Bertz CT molecular complexity index is 334. The third kappa shape index (κ3) is 3.17. The number of hydrogen-bond acceptors (Lipinski definition) is 3. The molecule has 1 unspecified atom stereocenters. The van der Waals surface area contributed by atoms with Gasteiger partial charge in [-0.05, 0) is 12.8 Å². The second-order valence-electron chi connectivity index (χ2n) is 3.87. The van der Waals surface area contributed by atoms with Gasteiger partial charge >= 0.3 is 0 Å². The molecule has 0 aliphatic rings. The summed E-state index contributed by atoms with van der Waals surface area (Å²) in [7, 11) is 1.58. The van der Waals surface area contributed by atoms with Gasteiger partial charge in [0, 0.05) is 19.9 Å². The van der Waals surface area contributed by atoms with Crippen LogP contribution in [0, 0.1) is 0 Å². The summed E-state index contributed by atoms with van der Waals surface area (Å²) in [6.07, 6.45) is 5.80. The molecular formula is C12H20N2O2. The highest BCUT2D eigenvalue weighted by atomic mass is 16.5. The topological polar surface area (TPSA) is 44.1 Å². The minimum absolute atomic E-state index is 0.0340. The van der Waals surface area contributed by atoms with Gasteiger partial charge in [0.25, 0.3) is 0 Å². The first kappa shape index (κ1) is 12.9. The van der Waals surface area contributed by atoms with Gasteiger partial charge in [0.15, 0.2) is 5.78 Å². The van der Waals surface area contributed by atoms with E-state index in [1.165, 1.54) is 0 Å². The maximum Gasteiger partial charge on any atom is 0.194 e. The molecule has 0 aliphatic carbocycles. The number of hydrogen-bond donors (Lipinski definition) is 0. The third-order valence-electron chi connectivity index (χ3n) is 2.50. The molecule has 1 atom stereocenters. The number of aromatic nitrogens is 2. The monoisotopic (exact) mass is 224 g/mol. The highest BCUT2D eigenvalue weighted by Crippen LogP contribution is 2.10. The predicted molar refractivity (Wildman–Crippen MR) is 62.6 cm³/mol. The molecule has 4 heteroatoms. The number of Topliss-reactive ketones (excluding diaryl/α,β-unsaturated/α-hetero) is 1. The van der Waals surface area contributed by atoms with Gasteiger partial charge in [-0.25, -0.2) is 0 Å². The second kappa shape index (κ2) is 6.43. The zero-order chi connectivity index (χ0) is 12.0. The molecule has 1 rings (SSSR count). The maximum atomic E-state index is 12.0. The van der Waals surface area contributed by atoms with Gasteiger partial charge < -0.3 is 4.74 Å². The molecule has 1 aromatic rings. The third-order valence-corrected chi connectivity index (χ3v) is 2.50. The van der Waals surface area contributed by atoms with Crippen LogP contribution in [0.4, 0.5) is 0 Å². The van der Waals surface area contributed by atoms with E-state index in [1.54, 1.807) is 24.2 Å². The summed E-state index contributed by atoms with van der Waals surface area (Å²) in [4.78, 5) is 12.0. The lowest BCUT2D eigenvalue weighted by atomic mass is 10.1. The Kier molecular flexibility index (Phi) is 5.19. The van der Waals surface area contributed by atoms with Crippen molar-refractivity contribution in [1.82, 2.24) is 9.78 Å². The minimum Gasteiger partial charge on any atom is -0.373 e. The average molecular weight is 224 g/mol. The lowest BCUT2D eigenvalue weighted by Crippen LogP contribution is -2.22. The molecule has 1 heterocycles. The van der Waals surface area contributed by atoms with Crippen molar-refractivity contribution in [3.8, 4) is 0 Å². The minimum atomic E-state index is -0.329. The van der Waals surface area contributed by atoms with Crippen LogP contribution in [0.2, 0.25) is 0 Å². The molecule has 0 amide bonds. The van der Waals surface area contributed by atoms with Gasteiger partial charge in [0.2, 0.25) is 0 Å². The van der Waals surface area contributed by atoms with Crippen molar-refractivity contribution >= 4 is 5.78 Å². The number of ether oxygens (including phenoxy) is 1. The second-order valence-corrected chi connectivity index (χ2v) is 3.87. The molecule has 90 valence electrons. The maximum absolute atomic E-state index is 12.0. The molecule has 4 nitrogen and oxygen atoms in total. The zero-order valence-electron chi connectivity index (χ0n) is 10.3. The van der Waals surface area contributed by atoms with Crippen LogP contribution in [0.3, 0.4) is 0 Å². The fraction of sp³-hybridized carbons (Fsp3) is 0.667. The number of carbonyl (C=O) groups excluding carboxylic acids is 1. The van der Waals surface area contributed by atoms with Crippen LogP contribution in [0.1, 0.15) is 43.5 Å². The number of nitrogens with zero attached hydrogens (tertiary/aromatic N) is 2. The van der Waals surface area contributed by atoms with Crippen LogP contribution in [-0.2, 0) is 11.3 Å². The first-order valence-corrected chi connectivity index (χ1v) is 5.82. The van der Waals surface area contributed by atoms with Crippen LogP contribution in [0.5, 0.6) is 0 Å². The van der Waals surface area contributed by atoms with E-state index >= 15 is 0 Å². The van der Waals surface area contributed by atoms with Crippen molar-refractivity contribution < 1.29 is 9.53 Å². The molecule has 0 fully saturated rings. The fourth-order valence-electron chi connectivity index (χ4n) is 1.65. The number of carbonyl (C=O) groups is 1. The summed E-state index contributed by atoms with van der Waals surface area (Å²) in [5.74, 6) is 0.0340. The van der Waals surface area contributed by atoms with E-state index in [9.17, 15) is 4.79 Å². The molecule has 0 aliphatic heterocycles. The van der Waals surface area contributed by atoms with E-state index in [1.807, 2.05) is 6.92 Å². The highest BCUT2D eigenvalue weighted by molar-refractivity contribution is 5.99. The lowest BCUT2D eigenvalue weighted by Gasteiger charge is -2.11. The number of rotatable bonds is 7. The first-order valence-electron chi connectivity index (χ1n) is 5.82. The normalized spacial score (nSPS) is 12.7. The van der Waals surface area contributed by atoms with Crippen molar-refractivity contribution in [2.45, 2.75) is 45.8 Å². The Hall–Kier alpha value is -1.16. The zero-order valence-corrected chi connectivity index (χ0v) is 10.3. The van der Waals surface area contributed by atoms with Gasteiger partial charge in [-0.3, -0.25) is 9.48 Å².